The van der Waals surface area contributed by atoms with Gasteiger partial charge in [-0.05, 0) is 144 Å². The summed E-state index contributed by atoms with van der Waals surface area (Å²) in [5.41, 5.74) is 15.4. The number of furan rings is 2. The topological polar surface area (TPSA) is 37.2 Å². The van der Waals surface area contributed by atoms with Crippen LogP contribution in [0.2, 0.25) is 0 Å². The Balaban J connectivity index is 0.924. The average Bonchev–Trinajstić information content (AvgIpc) is 4.13. The maximum Gasteiger partial charge on any atom is 0.159 e. The van der Waals surface area contributed by atoms with Crippen LogP contribution < -0.4 is 9.80 Å². The minimum absolute atomic E-state index is 0.0185. The zero-order valence-electron chi connectivity index (χ0n) is 38.1. The van der Waals surface area contributed by atoms with Gasteiger partial charge in [-0.2, -0.15) is 0 Å². The number of hydrogen-bond donors (Lipinski definition) is 0. The fourth-order valence-corrected chi connectivity index (χ4v) is 11.8. The number of anilines is 5. The second-order valence-electron chi connectivity index (χ2n) is 19.0. The molecule has 15 rings (SSSR count). The molecule has 0 saturated heterocycles. The monoisotopic (exact) mass is 885 g/mol. The largest absolute Gasteiger partial charge is 0.458 e. The molecule has 0 aliphatic heterocycles. The first-order valence-corrected chi connectivity index (χ1v) is 23.9. The van der Waals surface area contributed by atoms with Gasteiger partial charge in [0.1, 0.15) is 16.9 Å². The molecule has 0 N–H and O–H groups in total. The Kier molecular flexibility index (Phi) is 7.97. The molecule has 69 heavy (non-hydrogen) atoms. The summed E-state index contributed by atoms with van der Waals surface area (Å²) in [5, 5.41) is 13.2. The predicted molar refractivity (Wildman–Crippen MR) is 289 cm³/mol. The van der Waals surface area contributed by atoms with Crippen LogP contribution in [0.1, 0.15) is 34.9 Å². The third-order valence-corrected chi connectivity index (χ3v) is 14.8. The van der Waals surface area contributed by atoms with Crippen LogP contribution in [0.15, 0.2) is 209 Å². The van der Waals surface area contributed by atoms with Crippen LogP contribution >= 0.6 is 0 Å². The Bertz CT molecular complexity index is 4470. The van der Waals surface area contributed by atoms with E-state index in [-0.39, 0.29) is 6.04 Å². The molecule has 0 spiro atoms. The molecule has 0 amide bonds. The van der Waals surface area contributed by atoms with Crippen molar-refractivity contribution in [2.75, 3.05) is 9.80 Å². The van der Waals surface area contributed by atoms with E-state index >= 15 is 0 Å². The van der Waals surface area contributed by atoms with Crippen LogP contribution in [0, 0.1) is 13.8 Å². The number of aromatic nitrogens is 1. The fourth-order valence-electron chi connectivity index (χ4n) is 11.8. The number of benzene rings is 10. The highest BCUT2D eigenvalue weighted by molar-refractivity contribution is 6.26. The van der Waals surface area contributed by atoms with Crippen molar-refractivity contribution in [1.29, 1.82) is 0 Å². The van der Waals surface area contributed by atoms with Gasteiger partial charge < -0.3 is 23.0 Å². The summed E-state index contributed by atoms with van der Waals surface area (Å²) in [6.07, 6.45) is 5.38. The van der Waals surface area contributed by atoms with Crippen LogP contribution in [0.3, 0.4) is 0 Å². The van der Waals surface area contributed by atoms with Crippen molar-refractivity contribution in [3.05, 3.63) is 223 Å². The molecule has 0 radical (unpaired) electrons. The van der Waals surface area contributed by atoms with Crippen LogP contribution in [-0.2, 0) is 0 Å². The summed E-state index contributed by atoms with van der Waals surface area (Å²) >= 11 is 0. The van der Waals surface area contributed by atoms with Crippen LogP contribution in [-0.4, -0.2) is 4.40 Å². The van der Waals surface area contributed by atoms with Crippen molar-refractivity contribution in [2.45, 2.75) is 26.3 Å². The SMILES string of the molecule is Cc1cccc(N(c2ccc3cc4c5cccc6c7cc8ccc(N(c9cccc(C)c9)C9CC=Cc%10c9oc9ccccc%109)cc8cc7n(c4cc3c2)c56)c2cccc3c2oc2ccccc23)c1. The second kappa shape index (κ2) is 14.4. The molecular formula is C64H43N3O2. The summed E-state index contributed by atoms with van der Waals surface area (Å²) in [7, 11) is 0. The number of rotatable bonds is 6. The molecule has 10 aromatic carbocycles. The van der Waals surface area contributed by atoms with Gasteiger partial charge in [0.25, 0.3) is 0 Å². The lowest BCUT2D eigenvalue weighted by Gasteiger charge is -2.34. The van der Waals surface area contributed by atoms with Gasteiger partial charge in [-0.1, -0.05) is 115 Å². The molecule has 0 fully saturated rings. The number of fused-ring (bicyclic) bond motifs is 14. The molecule has 4 heterocycles. The van der Waals surface area contributed by atoms with Gasteiger partial charge in [-0.3, -0.25) is 0 Å². The van der Waals surface area contributed by atoms with Crippen molar-refractivity contribution < 1.29 is 8.83 Å². The molecule has 0 saturated carbocycles. The number of hydrogen-bond acceptors (Lipinski definition) is 4. The van der Waals surface area contributed by atoms with Gasteiger partial charge in [0.15, 0.2) is 5.58 Å². The highest BCUT2D eigenvalue weighted by Gasteiger charge is 2.31. The highest BCUT2D eigenvalue weighted by atomic mass is 16.3. The summed E-state index contributed by atoms with van der Waals surface area (Å²) in [6.45, 7) is 4.33. The Morgan fingerprint density at radius 2 is 1.01 bits per heavy atom. The van der Waals surface area contributed by atoms with Crippen molar-refractivity contribution in [1.82, 2.24) is 4.40 Å². The molecule has 4 aromatic heterocycles. The second-order valence-corrected chi connectivity index (χ2v) is 19.0. The molecule has 5 heteroatoms. The first-order chi connectivity index (χ1) is 34.0. The fraction of sp³-hybridized carbons (Fsp3) is 0.0625. The predicted octanol–water partition coefficient (Wildman–Crippen LogP) is 18.2. The normalized spacial score (nSPS) is 14.0. The molecular weight excluding hydrogens is 843 g/mol. The molecule has 1 aliphatic carbocycles. The molecule has 1 aliphatic rings. The van der Waals surface area contributed by atoms with E-state index in [1.165, 1.54) is 76.3 Å². The highest BCUT2D eigenvalue weighted by Crippen LogP contribution is 2.48. The van der Waals surface area contributed by atoms with E-state index in [4.69, 9.17) is 8.83 Å². The lowest BCUT2D eigenvalue weighted by molar-refractivity contribution is 0.488. The first kappa shape index (κ1) is 38.3. The third kappa shape index (κ3) is 5.65. The standard InChI is InChI=1S/C64H43N3O2/c1-38-12-7-14-44(30-38)65(56-22-10-20-52-48-16-3-5-24-60(48)68-63(52)56)46-28-26-40-34-54-50-18-9-19-51-55-35-41-27-29-47(33-43(41)37-59(55)67(62(50)51)58(54)36-42(40)32-46)66(45-15-8-13-39(2)31-45)57-23-11-21-53-49-17-4-6-25-61(49)69-64(53)57/h3-22,24-37,57H,23H2,1-2H3. The number of nitrogens with zero attached hydrogens (tertiary/aromatic N) is 3. The zero-order chi connectivity index (χ0) is 45.5. The molecule has 1 unspecified atom stereocenters. The lowest BCUT2D eigenvalue weighted by Crippen LogP contribution is -2.25. The van der Waals surface area contributed by atoms with Crippen LogP contribution in [0.5, 0.6) is 0 Å². The summed E-state index contributed by atoms with van der Waals surface area (Å²) in [5.74, 6) is 1.01. The third-order valence-electron chi connectivity index (χ3n) is 14.8. The van der Waals surface area contributed by atoms with E-state index in [0.717, 1.165) is 73.5 Å². The van der Waals surface area contributed by atoms with E-state index in [2.05, 4.69) is 228 Å². The molecule has 1 atom stereocenters. The first-order valence-electron chi connectivity index (χ1n) is 23.9. The summed E-state index contributed by atoms with van der Waals surface area (Å²) in [6, 6.07) is 71.1. The van der Waals surface area contributed by atoms with Crippen LogP contribution in [0.4, 0.5) is 28.4 Å². The van der Waals surface area contributed by atoms with Gasteiger partial charge in [0.2, 0.25) is 0 Å². The Hall–Kier alpha value is -8.80. The lowest BCUT2D eigenvalue weighted by atomic mass is 9.95. The van der Waals surface area contributed by atoms with Gasteiger partial charge in [0.05, 0.1) is 28.3 Å². The Morgan fingerprint density at radius 1 is 0.449 bits per heavy atom. The van der Waals surface area contributed by atoms with Gasteiger partial charge >= 0.3 is 0 Å². The summed E-state index contributed by atoms with van der Waals surface area (Å²) < 4.78 is 15.9. The van der Waals surface area contributed by atoms with Crippen molar-refractivity contribution in [3.63, 3.8) is 0 Å². The van der Waals surface area contributed by atoms with Gasteiger partial charge in [-0.15, -0.1) is 0 Å². The van der Waals surface area contributed by atoms with E-state index in [9.17, 15) is 0 Å². The van der Waals surface area contributed by atoms with E-state index in [1.807, 2.05) is 6.07 Å². The van der Waals surface area contributed by atoms with Gasteiger partial charge in [0, 0.05) is 66.0 Å². The number of aryl methyl sites for hydroxylation is 2. The molecule has 326 valence electrons. The maximum atomic E-state index is 6.73. The van der Waals surface area contributed by atoms with E-state index < -0.39 is 0 Å². The maximum absolute atomic E-state index is 6.73. The smallest absolute Gasteiger partial charge is 0.159 e. The van der Waals surface area contributed by atoms with Crippen molar-refractivity contribution in [2.24, 2.45) is 0 Å². The minimum atomic E-state index is -0.0185. The summed E-state index contributed by atoms with van der Waals surface area (Å²) in [4.78, 5) is 4.84. The van der Waals surface area contributed by atoms with Crippen molar-refractivity contribution in [3.8, 4) is 0 Å². The quantitative estimate of drug-likeness (QED) is 0.167. The van der Waals surface area contributed by atoms with E-state index in [0.29, 0.717) is 0 Å². The minimum Gasteiger partial charge on any atom is -0.458 e. The molecule has 5 nitrogen and oxygen atoms in total. The van der Waals surface area contributed by atoms with Crippen molar-refractivity contribution >= 4 is 127 Å². The molecule has 0 bridgehead atoms. The van der Waals surface area contributed by atoms with E-state index in [1.54, 1.807) is 0 Å². The Morgan fingerprint density at radius 3 is 1.75 bits per heavy atom. The average molecular weight is 886 g/mol. The van der Waals surface area contributed by atoms with Crippen LogP contribution in [0.25, 0.3) is 98.6 Å². The molecule has 14 aromatic rings. The van der Waals surface area contributed by atoms with Gasteiger partial charge in [-0.25, -0.2) is 0 Å². The Labute approximate surface area is 397 Å². The zero-order valence-corrected chi connectivity index (χ0v) is 38.1. The number of para-hydroxylation sites is 4.